The zero-order chi connectivity index (χ0) is 11.5. The molecule has 0 amide bonds. The van der Waals surface area contributed by atoms with Crippen LogP contribution in [-0.2, 0) is 16.0 Å². The normalized spacial score (nSPS) is 24.0. The lowest BCUT2D eigenvalue weighted by atomic mass is 9.90. The van der Waals surface area contributed by atoms with E-state index in [1.807, 2.05) is 24.3 Å². The lowest BCUT2D eigenvalue weighted by Crippen LogP contribution is -2.51. The maximum atomic E-state index is 11.2. The van der Waals surface area contributed by atoms with Crippen LogP contribution in [0.15, 0.2) is 24.3 Å². The summed E-state index contributed by atoms with van der Waals surface area (Å²) >= 11 is 0. The highest BCUT2D eigenvalue weighted by Crippen LogP contribution is 2.27. The van der Waals surface area contributed by atoms with Gasteiger partial charge in [0, 0.05) is 13.5 Å². The molecule has 3 nitrogen and oxygen atoms in total. The van der Waals surface area contributed by atoms with Crippen LogP contribution in [0.1, 0.15) is 18.9 Å². The Labute approximate surface area is 95.4 Å². The number of ether oxygens (including phenoxy) is 2. The highest BCUT2D eigenvalue weighted by molar-refractivity contribution is 5.90. The zero-order valence-corrected chi connectivity index (χ0v) is 9.60. The first-order chi connectivity index (χ1) is 7.76. The summed E-state index contributed by atoms with van der Waals surface area (Å²) in [6, 6.07) is 7.91. The summed E-state index contributed by atoms with van der Waals surface area (Å²) < 4.78 is 10.9. The first-order valence-corrected chi connectivity index (χ1v) is 5.56. The minimum Gasteiger partial charge on any atom is -0.486 e. The fourth-order valence-corrected chi connectivity index (χ4v) is 1.93. The summed E-state index contributed by atoms with van der Waals surface area (Å²) in [5, 5.41) is 0. The van der Waals surface area contributed by atoms with E-state index in [-0.39, 0.29) is 18.0 Å². The molecule has 1 aromatic rings. The van der Waals surface area contributed by atoms with Crippen LogP contribution < -0.4 is 4.74 Å². The minimum atomic E-state index is -0.384. The topological polar surface area (TPSA) is 35.5 Å². The third kappa shape index (κ3) is 1.95. The molecule has 1 fully saturated rings. The van der Waals surface area contributed by atoms with Crippen LogP contribution in [0.5, 0.6) is 5.75 Å². The number of hydrogen-bond donors (Lipinski definition) is 0. The number of hydrogen-bond acceptors (Lipinski definition) is 3. The molecule has 0 heterocycles. The second-order valence-corrected chi connectivity index (χ2v) is 3.94. The fourth-order valence-electron chi connectivity index (χ4n) is 1.93. The summed E-state index contributed by atoms with van der Waals surface area (Å²) in [4.78, 5) is 11.2. The first kappa shape index (κ1) is 11.1. The van der Waals surface area contributed by atoms with Crippen molar-refractivity contribution in [2.75, 3.05) is 7.11 Å². The third-order valence-electron chi connectivity index (χ3n) is 2.94. The molecule has 2 atom stereocenters. The molecule has 1 saturated carbocycles. The van der Waals surface area contributed by atoms with E-state index in [1.54, 1.807) is 7.11 Å². The SMILES string of the molecule is CCc1ccccc1OC1CC(=O)C1OC. The molecule has 1 aliphatic carbocycles. The van der Waals surface area contributed by atoms with Gasteiger partial charge in [0.2, 0.25) is 0 Å². The number of benzene rings is 1. The van der Waals surface area contributed by atoms with Crippen molar-refractivity contribution in [2.24, 2.45) is 0 Å². The largest absolute Gasteiger partial charge is 0.486 e. The number of carbonyl (C=O) groups is 1. The van der Waals surface area contributed by atoms with Crippen molar-refractivity contribution < 1.29 is 14.3 Å². The summed E-state index contributed by atoms with van der Waals surface area (Å²) in [7, 11) is 1.55. The van der Waals surface area contributed by atoms with Gasteiger partial charge in [-0.2, -0.15) is 0 Å². The van der Waals surface area contributed by atoms with Crippen molar-refractivity contribution in [3.05, 3.63) is 29.8 Å². The molecule has 16 heavy (non-hydrogen) atoms. The van der Waals surface area contributed by atoms with E-state index in [0.717, 1.165) is 17.7 Å². The summed E-state index contributed by atoms with van der Waals surface area (Å²) in [6.07, 6.45) is 0.875. The molecule has 0 spiro atoms. The maximum Gasteiger partial charge on any atom is 0.169 e. The van der Waals surface area contributed by atoms with Gasteiger partial charge < -0.3 is 9.47 Å². The lowest BCUT2D eigenvalue weighted by molar-refractivity contribution is -0.151. The van der Waals surface area contributed by atoms with Crippen LogP contribution >= 0.6 is 0 Å². The molecule has 0 aliphatic heterocycles. The van der Waals surface area contributed by atoms with E-state index in [4.69, 9.17) is 9.47 Å². The number of rotatable bonds is 4. The van der Waals surface area contributed by atoms with Crippen LogP contribution in [0.3, 0.4) is 0 Å². The second kappa shape index (κ2) is 4.66. The van der Waals surface area contributed by atoms with Gasteiger partial charge in [0.05, 0.1) is 0 Å². The Bertz CT molecular complexity index is 387. The number of Topliss-reactive ketones (excluding diaryl/α,β-unsaturated/α-hetero) is 1. The van der Waals surface area contributed by atoms with E-state index < -0.39 is 0 Å². The van der Waals surface area contributed by atoms with Crippen molar-refractivity contribution in [3.63, 3.8) is 0 Å². The van der Waals surface area contributed by atoms with Crippen molar-refractivity contribution in [1.82, 2.24) is 0 Å². The highest BCUT2D eigenvalue weighted by Gasteiger charge is 2.42. The molecule has 0 N–H and O–H groups in total. The van der Waals surface area contributed by atoms with Gasteiger partial charge in [0.1, 0.15) is 11.9 Å². The Morgan fingerprint density at radius 3 is 2.75 bits per heavy atom. The van der Waals surface area contributed by atoms with Crippen LogP contribution in [0.25, 0.3) is 0 Å². The molecule has 0 radical (unpaired) electrons. The Kier molecular flexibility index (Phi) is 3.25. The van der Waals surface area contributed by atoms with Gasteiger partial charge in [0.25, 0.3) is 0 Å². The molecule has 0 saturated heterocycles. The van der Waals surface area contributed by atoms with Crippen LogP contribution in [0, 0.1) is 0 Å². The molecule has 2 unspecified atom stereocenters. The quantitative estimate of drug-likeness (QED) is 0.778. The highest BCUT2D eigenvalue weighted by atomic mass is 16.5. The smallest absolute Gasteiger partial charge is 0.169 e. The molecule has 0 bridgehead atoms. The standard InChI is InChI=1S/C13H16O3/c1-3-9-6-4-5-7-11(9)16-12-8-10(14)13(12)15-2/h4-7,12-13H,3,8H2,1-2H3. The van der Waals surface area contributed by atoms with Crippen LogP contribution in [0.4, 0.5) is 0 Å². The molecule has 2 rings (SSSR count). The average Bonchev–Trinajstić information content (AvgIpc) is 2.29. The molecule has 86 valence electrons. The Morgan fingerprint density at radius 1 is 1.38 bits per heavy atom. The van der Waals surface area contributed by atoms with Crippen molar-refractivity contribution in [3.8, 4) is 5.75 Å². The molecule has 0 aromatic heterocycles. The summed E-state index contributed by atoms with van der Waals surface area (Å²) in [5.74, 6) is 0.992. The second-order valence-electron chi connectivity index (χ2n) is 3.94. The zero-order valence-electron chi connectivity index (χ0n) is 9.60. The molecular formula is C13H16O3. The van der Waals surface area contributed by atoms with Gasteiger partial charge in [-0.3, -0.25) is 4.79 Å². The van der Waals surface area contributed by atoms with Crippen molar-refractivity contribution in [1.29, 1.82) is 0 Å². The van der Waals surface area contributed by atoms with E-state index in [1.165, 1.54) is 0 Å². The predicted octanol–water partition coefficient (Wildman–Crippen LogP) is 1.98. The maximum absolute atomic E-state index is 11.2. The van der Waals surface area contributed by atoms with Gasteiger partial charge >= 0.3 is 0 Å². The first-order valence-electron chi connectivity index (χ1n) is 5.56. The van der Waals surface area contributed by atoms with Crippen LogP contribution in [0.2, 0.25) is 0 Å². The molecule has 1 aliphatic rings. The van der Waals surface area contributed by atoms with Crippen molar-refractivity contribution in [2.45, 2.75) is 32.0 Å². The Hall–Kier alpha value is -1.35. The fraction of sp³-hybridized carbons (Fsp3) is 0.462. The van der Waals surface area contributed by atoms with E-state index in [9.17, 15) is 4.79 Å². The number of para-hydroxylation sites is 1. The number of carbonyl (C=O) groups excluding carboxylic acids is 1. The van der Waals surface area contributed by atoms with Gasteiger partial charge in [0.15, 0.2) is 11.9 Å². The van der Waals surface area contributed by atoms with Gasteiger partial charge in [-0.1, -0.05) is 25.1 Å². The Morgan fingerprint density at radius 2 is 2.12 bits per heavy atom. The number of ketones is 1. The third-order valence-corrected chi connectivity index (χ3v) is 2.94. The van der Waals surface area contributed by atoms with Gasteiger partial charge in [-0.25, -0.2) is 0 Å². The number of methoxy groups -OCH3 is 1. The lowest BCUT2D eigenvalue weighted by Gasteiger charge is -2.34. The summed E-state index contributed by atoms with van der Waals surface area (Å²) in [5.41, 5.74) is 1.16. The van der Waals surface area contributed by atoms with E-state index in [0.29, 0.717) is 6.42 Å². The van der Waals surface area contributed by atoms with Gasteiger partial charge in [-0.05, 0) is 18.1 Å². The van der Waals surface area contributed by atoms with Crippen molar-refractivity contribution >= 4 is 5.78 Å². The van der Waals surface area contributed by atoms with E-state index >= 15 is 0 Å². The minimum absolute atomic E-state index is 0.120. The monoisotopic (exact) mass is 220 g/mol. The predicted molar refractivity (Wildman–Crippen MR) is 60.7 cm³/mol. The van der Waals surface area contributed by atoms with Crippen LogP contribution in [-0.4, -0.2) is 25.1 Å². The molecular weight excluding hydrogens is 204 g/mol. The van der Waals surface area contributed by atoms with E-state index in [2.05, 4.69) is 6.92 Å². The Balaban J connectivity index is 2.07. The average molecular weight is 220 g/mol. The molecule has 3 heteroatoms. The van der Waals surface area contributed by atoms with Gasteiger partial charge in [-0.15, -0.1) is 0 Å². The summed E-state index contributed by atoms with van der Waals surface area (Å²) in [6.45, 7) is 2.09. The number of aryl methyl sites for hydroxylation is 1. The molecule has 1 aromatic carbocycles.